The summed E-state index contributed by atoms with van der Waals surface area (Å²) < 4.78 is 42.7. The summed E-state index contributed by atoms with van der Waals surface area (Å²) in [5.74, 6) is 0.0112. The van der Waals surface area contributed by atoms with E-state index in [1.165, 1.54) is 64.2 Å². The number of allylic oxidation sites excluding steroid dienone is 2. The normalized spacial score (nSPS) is 12.0. The van der Waals surface area contributed by atoms with Gasteiger partial charge in [0.25, 0.3) is 5.91 Å². The fourth-order valence-corrected chi connectivity index (χ4v) is 8.13. The van der Waals surface area contributed by atoms with E-state index in [1.54, 1.807) is 0 Å². The van der Waals surface area contributed by atoms with Crippen LogP contribution in [-0.4, -0.2) is 109 Å². The molecule has 0 fully saturated rings. The maximum atomic E-state index is 14.1. The zero-order valence-electron chi connectivity index (χ0n) is 41.6. The smallest absolute Gasteiger partial charge is 0.254 e. The molecule has 0 radical (unpaired) electrons. The van der Waals surface area contributed by atoms with E-state index in [9.17, 15) is 4.79 Å². The Kier molecular flexibility index (Phi) is 34.6. The summed E-state index contributed by atoms with van der Waals surface area (Å²) >= 11 is 0. The molecular weight excluding hydrogens is 839 g/mol. The third kappa shape index (κ3) is 25.5. The lowest BCUT2D eigenvalue weighted by Gasteiger charge is -2.36. The van der Waals surface area contributed by atoms with Crippen LogP contribution in [0.5, 0.6) is 0 Å². The number of hydrogen-bond acceptors (Lipinski definition) is 8. The van der Waals surface area contributed by atoms with E-state index < -0.39 is 11.7 Å². The van der Waals surface area contributed by atoms with Gasteiger partial charge in [-0.3, -0.25) is 4.79 Å². The Morgan fingerprint density at radius 2 is 0.896 bits per heavy atom. The van der Waals surface area contributed by atoms with Crippen LogP contribution in [0.25, 0.3) is 0 Å². The van der Waals surface area contributed by atoms with Crippen LogP contribution in [0.1, 0.15) is 139 Å². The quantitative estimate of drug-likeness (QED) is 0.0315. The summed E-state index contributed by atoms with van der Waals surface area (Å²) in [6, 6.07) is 31.1. The average molecular weight is 928 g/mol. The van der Waals surface area contributed by atoms with Crippen molar-refractivity contribution in [1.82, 2.24) is 4.90 Å². The lowest BCUT2D eigenvalue weighted by molar-refractivity contribution is -0.149. The van der Waals surface area contributed by atoms with Crippen molar-refractivity contribution in [2.24, 2.45) is 0 Å². The highest BCUT2D eigenvalue weighted by atomic mass is 16.6. The van der Waals surface area contributed by atoms with Crippen LogP contribution in [-0.2, 0) is 43.6 Å². The van der Waals surface area contributed by atoms with Gasteiger partial charge in [-0.05, 0) is 61.6 Å². The number of amides is 1. The van der Waals surface area contributed by atoms with Crippen LogP contribution >= 0.6 is 0 Å². The van der Waals surface area contributed by atoms with Gasteiger partial charge in [0, 0.05) is 26.3 Å². The van der Waals surface area contributed by atoms with Gasteiger partial charge in [0.1, 0.15) is 5.60 Å². The first-order valence-electron chi connectivity index (χ1n) is 26.0. The van der Waals surface area contributed by atoms with E-state index in [4.69, 9.17) is 33.2 Å². The number of unbranched alkanes of at least 4 members (excludes halogenated alkanes) is 15. The predicted octanol–water partition coefficient (Wildman–Crippen LogP) is 12.7. The molecule has 0 heterocycles. The highest BCUT2D eigenvalue weighted by Gasteiger charge is 2.37. The van der Waals surface area contributed by atoms with Gasteiger partial charge in [-0.2, -0.15) is 0 Å². The summed E-state index contributed by atoms with van der Waals surface area (Å²) in [5.41, 5.74) is 2.43. The average Bonchev–Trinajstić information content (AvgIpc) is 3.37. The van der Waals surface area contributed by atoms with Crippen LogP contribution in [0.3, 0.4) is 0 Å². The Morgan fingerprint density at radius 1 is 0.478 bits per heavy atom. The van der Waals surface area contributed by atoms with E-state index in [2.05, 4.69) is 92.9 Å². The van der Waals surface area contributed by atoms with Crippen molar-refractivity contribution < 1.29 is 38.0 Å². The minimum Gasteiger partial charge on any atom is -0.378 e. The molecule has 3 aromatic rings. The highest BCUT2D eigenvalue weighted by Crippen LogP contribution is 2.40. The summed E-state index contributed by atoms with van der Waals surface area (Å²) in [5, 5.41) is 0. The minimum atomic E-state index is -0.766. The van der Waals surface area contributed by atoms with Gasteiger partial charge < -0.3 is 38.1 Å². The van der Waals surface area contributed by atoms with E-state index in [0.29, 0.717) is 85.8 Å². The molecule has 374 valence electrons. The maximum absolute atomic E-state index is 14.1. The molecule has 1 amide bonds. The maximum Gasteiger partial charge on any atom is 0.254 e. The van der Waals surface area contributed by atoms with Crippen LogP contribution in [0.4, 0.5) is 0 Å². The van der Waals surface area contributed by atoms with Crippen molar-refractivity contribution in [3.05, 3.63) is 133 Å². The molecule has 3 aromatic carbocycles. The summed E-state index contributed by atoms with van der Waals surface area (Å²) in [4.78, 5) is 16.0. The molecule has 0 bridgehead atoms. The summed E-state index contributed by atoms with van der Waals surface area (Å²) in [6.45, 7) is 16.6. The number of ether oxygens (including phenoxy) is 7. The van der Waals surface area contributed by atoms with Crippen molar-refractivity contribution >= 4 is 5.91 Å². The molecule has 0 saturated heterocycles. The lowest BCUT2D eigenvalue weighted by Crippen LogP contribution is -2.45. The Hall–Kier alpha value is -3.67. The fourth-order valence-electron chi connectivity index (χ4n) is 8.13. The third-order valence-corrected chi connectivity index (χ3v) is 11.9. The van der Waals surface area contributed by atoms with E-state index in [1.807, 2.05) is 35.3 Å². The zero-order valence-corrected chi connectivity index (χ0v) is 41.6. The molecule has 0 saturated carbocycles. The number of rotatable bonds is 46. The Labute approximate surface area is 406 Å². The Balaban J connectivity index is 1.36. The largest absolute Gasteiger partial charge is 0.378 e. The second kappa shape index (κ2) is 40.2. The van der Waals surface area contributed by atoms with Crippen LogP contribution in [0, 0.1) is 0 Å². The standard InChI is InChI=1S/C58H89NO8/c1-4-7-10-13-16-19-31-41-65-52-56(66-42-32-20-17-14-11-8-5-2)57(60)59(39-30-18-15-12-9-6-3)40-43-61-44-45-62-46-47-63-48-49-64-50-51-67-58(53-33-24-21-25-34-53,54-35-26-22-27-36-54)55-37-28-23-29-38-55/h4-5,21-29,33-38,56H,1-2,6-20,30-32,39-52H2,3H3. The molecule has 0 aliphatic carbocycles. The number of carbonyl (C=O) groups excluding carboxylic acids is 1. The number of nitrogens with zero attached hydrogens (tertiary/aromatic N) is 1. The number of benzene rings is 3. The SMILES string of the molecule is C=CCCCCCCCOCC(OCCCCCCCC=C)C(=O)N(CCCCCCCC)CCOCCOCCOCCOCCOC(c1ccccc1)(c1ccccc1)c1ccccc1. The van der Waals surface area contributed by atoms with Crippen molar-refractivity contribution in [1.29, 1.82) is 0 Å². The van der Waals surface area contributed by atoms with Crippen molar-refractivity contribution in [3.63, 3.8) is 0 Å². The van der Waals surface area contributed by atoms with E-state index in [-0.39, 0.29) is 12.5 Å². The van der Waals surface area contributed by atoms with Crippen molar-refractivity contribution in [3.8, 4) is 0 Å². The molecule has 9 heteroatoms. The van der Waals surface area contributed by atoms with Gasteiger partial charge in [0.2, 0.25) is 0 Å². The Morgan fingerprint density at radius 3 is 1.39 bits per heavy atom. The second-order valence-electron chi connectivity index (χ2n) is 17.3. The molecule has 0 N–H and O–H groups in total. The third-order valence-electron chi connectivity index (χ3n) is 11.9. The summed E-state index contributed by atoms with van der Waals surface area (Å²) in [7, 11) is 0. The summed E-state index contributed by atoms with van der Waals surface area (Å²) in [6.07, 6.45) is 23.9. The lowest BCUT2D eigenvalue weighted by atomic mass is 9.80. The van der Waals surface area contributed by atoms with Gasteiger partial charge in [-0.1, -0.05) is 181 Å². The molecule has 0 aromatic heterocycles. The van der Waals surface area contributed by atoms with Crippen LogP contribution in [0.2, 0.25) is 0 Å². The number of carbonyl (C=O) groups is 1. The van der Waals surface area contributed by atoms with Gasteiger partial charge in [-0.15, -0.1) is 13.2 Å². The topological polar surface area (TPSA) is 84.9 Å². The Bertz CT molecular complexity index is 1500. The monoisotopic (exact) mass is 928 g/mol. The fraction of sp³-hybridized carbons (Fsp3) is 0.603. The molecule has 0 aliphatic rings. The molecule has 3 rings (SSSR count). The van der Waals surface area contributed by atoms with E-state index >= 15 is 0 Å². The molecular formula is C58H89NO8. The minimum absolute atomic E-state index is 0.0112. The first-order chi connectivity index (χ1) is 33.2. The molecule has 1 atom stereocenters. The van der Waals surface area contributed by atoms with Gasteiger partial charge in [0.05, 0.1) is 66.1 Å². The zero-order chi connectivity index (χ0) is 47.6. The molecule has 0 aliphatic heterocycles. The van der Waals surface area contributed by atoms with Crippen LogP contribution < -0.4 is 0 Å². The van der Waals surface area contributed by atoms with Gasteiger partial charge >= 0.3 is 0 Å². The van der Waals surface area contributed by atoms with Crippen molar-refractivity contribution in [2.45, 2.75) is 134 Å². The predicted molar refractivity (Wildman–Crippen MR) is 275 cm³/mol. The van der Waals surface area contributed by atoms with Gasteiger partial charge in [0.15, 0.2) is 6.10 Å². The first kappa shape index (κ1) is 57.6. The first-order valence-corrected chi connectivity index (χ1v) is 26.0. The molecule has 67 heavy (non-hydrogen) atoms. The molecule has 1 unspecified atom stereocenters. The molecule has 0 spiro atoms. The number of hydrogen-bond donors (Lipinski definition) is 0. The molecule has 9 nitrogen and oxygen atoms in total. The van der Waals surface area contributed by atoms with Crippen LogP contribution in [0.15, 0.2) is 116 Å². The van der Waals surface area contributed by atoms with Gasteiger partial charge in [-0.25, -0.2) is 0 Å². The second-order valence-corrected chi connectivity index (χ2v) is 17.3. The highest BCUT2D eigenvalue weighted by molar-refractivity contribution is 5.81. The van der Waals surface area contributed by atoms with E-state index in [0.717, 1.165) is 68.1 Å². The van der Waals surface area contributed by atoms with Crippen molar-refractivity contribution in [2.75, 3.05) is 92.4 Å².